The number of aromatic nitrogens is 6. The number of imidazole rings is 3. The third-order valence-corrected chi connectivity index (χ3v) is 10.9. The van der Waals surface area contributed by atoms with Crippen LogP contribution in [0, 0.1) is 62.3 Å². The number of aliphatic imine (C=N–C) groups is 3. The van der Waals surface area contributed by atoms with E-state index in [2.05, 4.69) is 145 Å². The topological polar surface area (TPSA) is 127 Å². The lowest BCUT2D eigenvalue weighted by Gasteiger charge is -2.12. The van der Waals surface area contributed by atoms with Crippen molar-refractivity contribution in [3.8, 4) is 0 Å². The molecule has 12 heteroatoms. The first kappa shape index (κ1) is 48.3. The van der Waals surface area contributed by atoms with Gasteiger partial charge < -0.3 is 16.0 Å². The fourth-order valence-electron chi connectivity index (χ4n) is 6.75. The lowest BCUT2D eigenvalue weighted by molar-refractivity contribution is 1.02. The van der Waals surface area contributed by atoms with E-state index < -0.39 is 0 Å². The highest BCUT2D eigenvalue weighted by molar-refractivity contribution is 5.98. The van der Waals surface area contributed by atoms with E-state index in [1.807, 2.05) is 126 Å². The molecule has 3 heterocycles. The first-order valence-electron chi connectivity index (χ1n) is 22.8. The molecule has 0 amide bonds. The van der Waals surface area contributed by atoms with Crippen LogP contribution in [0.1, 0.15) is 50.9 Å². The maximum absolute atomic E-state index is 4.75. The normalized spacial score (nSPS) is 11.5. The maximum atomic E-state index is 4.75. The predicted molar refractivity (Wildman–Crippen MR) is 286 cm³/mol. The van der Waals surface area contributed by atoms with Crippen LogP contribution in [-0.4, -0.2) is 46.5 Å². The van der Waals surface area contributed by atoms with Gasteiger partial charge in [0.15, 0.2) is 0 Å². The molecule has 0 aliphatic rings. The number of nitrogens with zero attached hydrogens (tertiary/aromatic N) is 9. The Bertz CT molecular complexity index is 2770. The lowest BCUT2D eigenvalue weighted by Crippen LogP contribution is -2.22. The number of anilines is 3. The number of hydrogen-bond acceptors (Lipinski definition) is 6. The van der Waals surface area contributed by atoms with Crippen LogP contribution < -0.4 is 16.0 Å². The molecule has 3 N–H and O–H groups in total. The molecule has 0 saturated heterocycles. The number of benzene rings is 6. The van der Waals surface area contributed by atoms with E-state index >= 15 is 0 Å². The van der Waals surface area contributed by atoms with Gasteiger partial charge in [0.1, 0.15) is 17.5 Å². The summed E-state index contributed by atoms with van der Waals surface area (Å²) in [7, 11) is 0. The zero-order valence-electron chi connectivity index (χ0n) is 40.8. The highest BCUT2D eigenvalue weighted by atomic mass is 15.3. The van der Waals surface area contributed by atoms with Crippen molar-refractivity contribution in [2.45, 2.75) is 62.3 Å². The van der Waals surface area contributed by atoms with Crippen LogP contribution in [-0.2, 0) is 0 Å². The zero-order chi connectivity index (χ0) is 48.7. The molecule has 0 bridgehead atoms. The van der Waals surface area contributed by atoms with Crippen molar-refractivity contribution in [2.75, 3.05) is 16.0 Å². The minimum atomic E-state index is 0.729. The largest absolute Gasteiger partial charge is 0.325 e. The molecule has 0 saturated carbocycles. The molecule has 0 spiro atoms. The van der Waals surface area contributed by atoms with E-state index in [0.29, 0.717) is 0 Å². The minimum Gasteiger partial charge on any atom is -0.325 e. The van der Waals surface area contributed by atoms with Gasteiger partial charge >= 0.3 is 0 Å². The summed E-state index contributed by atoms with van der Waals surface area (Å²) in [4.78, 5) is 27.1. The second-order valence-corrected chi connectivity index (χ2v) is 16.8. The fourth-order valence-corrected chi connectivity index (χ4v) is 6.75. The summed E-state index contributed by atoms with van der Waals surface area (Å²) in [5.74, 6) is 4.84. The number of hydrogen-bond donors (Lipinski definition) is 3. The van der Waals surface area contributed by atoms with Crippen LogP contribution in [0.3, 0.4) is 0 Å². The monoisotopic (exact) mass is 913 g/mol. The van der Waals surface area contributed by atoms with Crippen LogP contribution in [0.4, 0.5) is 34.1 Å². The van der Waals surface area contributed by atoms with Crippen LogP contribution in [0.15, 0.2) is 198 Å². The van der Waals surface area contributed by atoms with Crippen molar-refractivity contribution in [2.24, 2.45) is 15.0 Å². The molecule has 0 fully saturated rings. The molecule has 9 aromatic rings. The van der Waals surface area contributed by atoms with E-state index in [4.69, 9.17) is 15.0 Å². The Labute approximate surface area is 406 Å². The Kier molecular flexibility index (Phi) is 16.2. The minimum absolute atomic E-state index is 0.729. The number of nitrogens with one attached hydrogen (secondary N) is 3. The molecular formula is C57H60N12. The Morgan fingerprint density at radius 3 is 0.696 bits per heavy atom. The Hall–Kier alpha value is -8.64. The summed E-state index contributed by atoms with van der Waals surface area (Å²) in [6.07, 6.45) is 11.0. The fraction of sp³-hybridized carbons (Fsp3) is 0.158. The Morgan fingerprint density at radius 2 is 0.507 bits per heavy atom. The van der Waals surface area contributed by atoms with Crippen molar-refractivity contribution >= 4 is 52.0 Å². The second kappa shape index (κ2) is 23.2. The van der Waals surface area contributed by atoms with Gasteiger partial charge in [0.25, 0.3) is 0 Å². The van der Waals surface area contributed by atoms with E-state index in [0.717, 1.165) is 69.5 Å². The summed E-state index contributed by atoms with van der Waals surface area (Å²) in [6, 6.07) is 49.2. The summed E-state index contributed by atoms with van der Waals surface area (Å²) in [5, 5.41) is 10.2. The summed E-state index contributed by atoms with van der Waals surface area (Å²) in [6.45, 7) is 18.3. The third kappa shape index (κ3) is 14.2. The lowest BCUT2D eigenvalue weighted by atomic mass is 10.2. The summed E-state index contributed by atoms with van der Waals surface area (Å²) >= 11 is 0. The standard InChI is InChI=1S/3C19H20N4/c3*1-14-4-8-17(9-5-14)21-19(23-13-12-20-16(23)3)22-18-10-6-15(2)7-11-18/h3*4-13H,1-3H3,(H,21,22). The van der Waals surface area contributed by atoms with Crippen LogP contribution in [0.5, 0.6) is 0 Å². The van der Waals surface area contributed by atoms with Crippen molar-refractivity contribution in [3.05, 3.63) is 234 Å². The van der Waals surface area contributed by atoms with Gasteiger partial charge in [-0.25, -0.2) is 29.9 Å². The van der Waals surface area contributed by atoms with Gasteiger partial charge in [-0.15, -0.1) is 0 Å². The SMILES string of the molecule is Cc1ccc(N=C(Nc2ccc(C)cc2)n2ccnc2C)cc1.Cc1ccc(N=C(Nc2ccc(C)cc2)n2ccnc2C)cc1.Cc1ccc(N=C(Nc2ccc(C)cc2)n2ccnc2C)cc1. The molecule has 348 valence electrons. The summed E-state index contributed by atoms with van der Waals surface area (Å²) in [5.41, 5.74) is 13.0. The van der Waals surface area contributed by atoms with Crippen molar-refractivity contribution < 1.29 is 0 Å². The molecule has 0 aliphatic carbocycles. The van der Waals surface area contributed by atoms with E-state index in [9.17, 15) is 0 Å². The molecular weight excluding hydrogens is 853 g/mol. The smallest absolute Gasteiger partial charge is 0.213 e. The molecule has 6 aromatic carbocycles. The molecule has 3 aromatic heterocycles. The quantitative estimate of drug-likeness (QED) is 0.113. The van der Waals surface area contributed by atoms with Gasteiger partial charge in [0, 0.05) is 54.2 Å². The van der Waals surface area contributed by atoms with Gasteiger partial charge in [-0.05, 0) is 135 Å². The number of aryl methyl sites for hydroxylation is 9. The molecule has 9 rings (SSSR count). The van der Waals surface area contributed by atoms with Crippen molar-refractivity contribution in [3.63, 3.8) is 0 Å². The maximum Gasteiger partial charge on any atom is 0.213 e. The van der Waals surface area contributed by atoms with E-state index in [1.165, 1.54) is 33.4 Å². The average Bonchev–Trinajstić information content (AvgIpc) is 4.11. The van der Waals surface area contributed by atoms with E-state index in [1.54, 1.807) is 18.6 Å². The van der Waals surface area contributed by atoms with Crippen LogP contribution in [0.25, 0.3) is 0 Å². The molecule has 69 heavy (non-hydrogen) atoms. The van der Waals surface area contributed by atoms with Crippen molar-refractivity contribution in [1.82, 2.24) is 28.7 Å². The highest BCUT2D eigenvalue weighted by Crippen LogP contribution is 2.19. The van der Waals surface area contributed by atoms with Gasteiger partial charge in [-0.3, -0.25) is 13.7 Å². The molecule has 0 unspecified atom stereocenters. The number of rotatable bonds is 6. The van der Waals surface area contributed by atoms with Gasteiger partial charge in [-0.1, -0.05) is 106 Å². The average molecular weight is 913 g/mol. The van der Waals surface area contributed by atoms with Gasteiger partial charge in [0.2, 0.25) is 17.9 Å². The first-order valence-corrected chi connectivity index (χ1v) is 22.8. The van der Waals surface area contributed by atoms with Crippen LogP contribution in [0.2, 0.25) is 0 Å². The Morgan fingerprint density at radius 1 is 0.304 bits per heavy atom. The highest BCUT2D eigenvalue weighted by Gasteiger charge is 2.10. The molecule has 0 aliphatic heterocycles. The second-order valence-electron chi connectivity index (χ2n) is 16.8. The molecule has 12 nitrogen and oxygen atoms in total. The molecule has 0 atom stereocenters. The van der Waals surface area contributed by atoms with Gasteiger partial charge in [-0.2, -0.15) is 0 Å². The predicted octanol–water partition coefficient (Wildman–Crippen LogP) is 13.4. The van der Waals surface area contributed by atoms with Crippen LogP contribution >= 0.6 is 0 Å². The zero-order valence-corrected chi connectivity index (χ0v) is 40.8. The third-order valence-electron chi connectivity index (χ3n) is 10.9. The van der Waals surface area contributed by atoms with Crippen molar-refractivity contribution in [1.29, 1.82) is 0 Å². The summed E-state index contributed by atoms with van der Waals surface area (Å²) < 4.78 is 5.83. The molecule has 0 radical (unpaired) electrons. The van der Waals surface area contributed by atoms with E-state index in [-0.39, 0.29) is 0 Å². The van der Waals surface area contributed by atoms with Gasteiger partial charge in [0.05, 0.1) is 17.1 Å². The Balaban J connectivity index is 0.000000153. The first-order chi connectivity index (χ1) is 33.3.